The van der Waals surface area contributed by atoms with Gasteiger partial charge in [-0.1, -0.05) is 23.7 Å². The van der Waals surface area contributed by atoms with E-state index in [1.165, 1.54) is 0 Å². The molecule has 2 rings (SSSR count). The first-order valence-electron chi connectivity index (χ1n) is 8.56. The van der Waals surface area contributed by atoms with Gasteiger partial charge in [-0.25, -0.2) is 4.79 Å². The quantitative estimate of drug-likeness (QED) is 0.772. The van der Waals surface area contributed by atoms with Crippen LogP contribution in [-0.4, -0.2) is 38.5 Å². The summed E-state index contributed by atoms with van der Waals surface area (Å²) >= 11 is 5.97. The van der Waals surface area contributed by atoms with Crippen LogP contribution in [0, 0.1) is 0 Å². The van der Waals surface area contributed by atoms with E-state index in [1.807, 2.05) is 12.1 Å². The Morgan fingerprint density at radius 1 is 1.19 bits per heavy atom. The molecule has 146 valence electrons. The van der Waals surface area contributed by atoms with Crippen molar-refractivity contribution < 1.29 is 22.1 Å². The molecular weight excluding hydrogens is 378 g/mol. The van der Waals surface area contributed by atoms with E-state index in [-0.39, 0.29) is 12.0 Å². The summed E-state index contributed by atoms with van der Waals surface area (Å²) in [6.07, 6.45) is 1.76. The number of carbonyl (C=O) groups is 1. The molecule has 0 heterocycles. The number of rotatable bonds is 4. The van der Waals surface area contributed by atoms with Gasteiger partial charge in [0.05, 0.1) is 12.4 Å². The van der Waals surface area contributed by atoms with Gasteiger partial charge in [0.25, 0.3) is 10.1 Å². The van der Waals surface area contributed by atoms with Crippen LogP contribution in [0.4, 0.5) is 4.79 Å². The standard InChI is InChI=1S/C18H26ClNO5S/c1-18(2,3)24-17(21)20-16-10-9-14(25-26(4,22)23)11-15(16)12-5-7-13(19)8-6-12/h5-8,14-16H,9-11H2,1-4H3,(H,20,21). The predicted octanol–water partition coefficient (Wildman–Crippen LogP) is 3.85. The number of ether oxygens (including phenoxy) is 1. The van der Waals surface area contributed by atoms with Crippen LogP contribution >= 0.6 is 11.6 Å². The maximum Gasteiger partial charge on any atom is 0.407 e. The summed E-state index contributed by atoms with van der Waals surface area (Å²) in [4.78, 5) is 12.2. The van der Waals surface area contributed by atoms with E-state index in [1.54, 1.807) is 32.9 Å². The maximum absolute atomic E-state index is 12.2. The Morgan fingerprint density at radius 3 is 2.35 bits per heavy atom. The summed E-state index contributed by atoms with van der Waals surface area (Å²) < 4.78 is 33.5. The zero-order valence-electron chi connectivity index (χ0n) is 15.5. The highest BCUT2D eigenvalue weighted by Gasteiger charge is 2.35. The van der Waals surface area contributed by atoms with Crippen LogP contribution < -0.4 is 5.32 Å². The lowest BCUT2D eigenvalue weighted by atomic mass is 9.78. The normalized spacial score (nSPS) is 24.1. The summed E-state index contributed by atoms with van der Waals surface area (Å²) in [7, 11) is -3.53. The van der Waals surface area contributed by atoms with Gasteiger partial charge >= 0.3 is 6.09 Å². The molecule has 0 saturated heterocycles. The second-order valence-corrected chi connectivity index (χ2v) is 9.68. The highest BCUT2D eigenvalue weighted by Crippen LogP contribution is 2.36. The fraction of sp³-hybridized carbons (Fsp3) is 0.611. The zero-order chi connectivity index (χ0) is 19.5. The average molecular weight is 404 g/mol. The van der Waals surface area contributed by atoms with Crippen LogP contribution in [0.5, 0.6) is 0 Å². The lowest BCUT2D eigenvalue weighted by Crippen LogP contribution is -2.46. The van der Waals surface area contributed by atoms with Gasteiger partial charge in [-0.2, -0.15) is 8.42 Å². The molecule has 8 heteroatoms. The first-order valence-corrected chi connectivity index (χ1v) is 10.8. The van der Waals surface area contributed by atoms with E-state index in [9.17, 15) is 13.2 Å². The lowest BCUT2D eigenvalue weighted by Gasteiger charge is -2.36. The van der Waals surface area contributed by atoms with Crippen LogP contribution in [0.2, 0.25) is 5.02 Å². The molecule has 1 fully saturated rings. The number of hydrogen-bond donors (Lipinski definition) is 1. The molecule has 6 nitrogen and oxygen atoms in total. The van der Waals surface area contributed by atoms with Crippen LogP contribution in [0.15, 0.2) is 24.3 Å². The van der Waals surface area contributed by atoms with Gasteiger partial charge in [0.2, 0.25) is 0 Å². The summed E-state index contributed by atoms with van der Waals surface area (Å²) in [5.74, 6) is -0.0970. The summed E-state index contributed by atoms with van der Waals surface area (Å²) in [6.45, 7) is 5.42. The minimum atomic E-state index is -3.53. The molecule has 1 aliphatic carbocycles. The fourth-order valence-electron chi connectivity index (χ4n) is 3.18. The van der Waals surface area contributed by atoms with Gasteiger partial charge in [-0.3, -0.25) is 4.18 Å². The Balaban J connectivity index is 2.17. The van der Waals surface area contributed by atoms with Crippen molar-refractivity contribution in [2.45, 2.75) is 63.7 Å². The first-order chi connectivity index (χ1) is 11.9. The second-order valence-electron chi connectivity index (χ2n) is 7.65. The first kappa shape index (κ1) is 21.0. The summed E-state index contributed by atoms with van der Waals surface area (Å²) in [6, 6.07) is 7.16. The molecule has 1 saturated carbocycles. The number of benzene rings is 1. The molecule has 1 aliphatic rings. The minimum Gasteiger partial charge on any atom is -0.444 e. The predicted molar refractivity (Wildman–Crippen MR) is 101 cm³/mol. The topological polar surface area (TPSA) is 81.7 Å². The molecule has 0 spiro atoms. The number of hydrogen-bond acceptors (Lipinski definition) is 5. The van der Waals surface area contributed by atoms with Crippen molar-refractivity contribution >= 4 is 27.8 Å². The van der Waals surface area contributed by atoms with Crippen molar-refractivity contribution in [3.05, 3.63) is 34.9 Å². The van der Waals surface area contributed by atoms with Crippen molar-refractivity contribution in [3.63, 3.8) is 0 Å². The van der Waals surface area contributed by atoms with E-state index >= 15 is 0 Å². The molecular formula is C18H26ClNO5S. The third-order valence-corrected chi connectivity index (χ3v) is 4.99. The molecule has 1 amide bonds. The molecule has 3 unspecified atom stereocenters. The fourth-order valence-corrected chi connectivity index (χ4v) is 3.97. The molecule has 0 bridgehead atoms. The van der Waals surface area contributed by atoms with Crippen molar-refractivity contribution in [2.75, 3.05) is 6.26 Å². The number of carbonyl (C=O) groups excluding carboxylic acids is 1. The average Bonchev–Trinajstić information content (AvgIpc) is 2.46. The largest absolute Gasteiger partial charge is 0.444 e. The lowest BCUT2D eigenvalue weighted by molar-refractivity contribution is 0.0455. The molecule has 1 N–H and O–H groups in total. The maximum atomic E-state index is 12.2. The van der Waals surface area contributed by atoms with E-state index < -0.39 is 27.9 Å². The minimum absolute atomic E-state index is 0.0970. The van der Waals surface area contributed by atoms with Crippen LogP contribution in [-0.2, 0) is 19.0 Å². The Morgan fingerprint density at radius 2 is 1.81 bits per heavy atom. The number of amides is 1. The SMILES string of the molecule is CC(C)(C)OC(=O)NC1CCC(OS(C)(=O)=O)CC1c1ccc(Cl)cc1. The molecule has 1 aromatic rings. The molecule has 1 aromatic carbocycles. The molecule has 0 aromatic heterocycles. The van der Waals surface area contributed by atoms with Gasteiger partial charge in [-0.15, -0.1) is 0 Å². The van der Waals surface area contributed by atoms with E-state index in [2.05, 4.69) is 5.32 Å². The number of halogens is 1. The Bertz CT molecular complexity index is 727. The van der Waals surface area contributed by atoms with E-state index in [0.29, 0.717) is 24.3 Å². The highest BCUT2D eigenvalue weighted by molar-refractivity contribution is 7.86. The van der Waals surface area contributed by atoms with Gasteiger partial charge in [0.1, 0.15) is 5.60 Å². The van der Waals surface area contributed by atoms with Crippen molar-refractivity contribution in [2.24, 2.45) is 0 Å². The third-order valence-electron chi connectivity index (χ3n) is 4.11. The monoisotopic (exact) mass is 403 g/mol. The molecule has 3 atom stereocenters. The van der Waals surface area contributed by atoms with Gasteiger partial charge in [0.15, 0.2) is 0 Å². The zero-order valence-corrected chi connectivity index (χ0v) is 17.1. The van der Waals surface area contributed by atoms with Crippen molar-refractivity contribution in [3.8, 4) is 0 Å². The van der Waals surface area contributed by atoms with Crippen molar-refractivity contribution in [1.29, 1.82) is 0 Å². The van der Waals surface area contributed by atoms with Crippen LogP contribution in [0.3, 0.4) is 0 Å². The van der Waals surface area contributed by atoms with E-state index in [4.69, 9.17) is 20.5 Å². The highest BCUT2D eigenvalue weighted by atomic mass is 35.5. The van der Waals surface area contributed by atoms with Gasteiger partial charge < -0.3 is 10.1 Å². The second kappa shape index (κ2) is 8.15. The van der Waals surface area contributed by atoms with Crippen LogP contribution in [0.1, 0.15) is 51.5 Å². The summed E-state index contributed by atoms with van der Waals surface area (Å²) in [5.41, 5.74) is 0.383. The molecule has 0 aliphatic heterocycles. The Hall–Kier alpha value is -1.31. The third kappa shape index (κ3) is 6.78. The van der Waals surface area contributed by atoms with Gasteiger partial charge in [-0.05, 0) is 57.7 Å². The number of alkyl carbamates (subject to hydrolysis) is 1. The smallest absolute Gasteiger partial charge is 0.407 e. The Kier molecular flexibility index (Phi) is 6.58. The van der Waals surface area contributed by atoms with Crippen LogP contribution in [0.25, 0.3) is 0 Å². The Labute approximate surface area is 160 Å². The molecule has 0 radical (unpaired) electrons. The van der Waals surface area contributed by atoms with E-state index in [0.717, 1.165) is 11.8 Å². The van der Waals surface area contributed by atoms with Gasteiger partial charge in [0, 0.05) is 17.0 Å². The van der Waals surface area contributed by atoms with Crippen molar-refractivity contribution in [1.82, 2.24) is 5.32 Å². The molecule has 26 heavy (non-hydrogen) atoms. The number of nitrogens with one attached hydrogen (secondary N) is 1. The summed E-state index contributed by atoms with van der Waals surface area (Å²) in [5, 5.41) is 3.54.